The van der Waals surface area contributed by atoms with Gasteiger partial charge in [0, 0.05) is 32.4 Å². The third-order valence-corrected chi connectivity index (χ3v) is 5.99. The second-order valence-corrected chi connectivity index (χ2v) is 7.73. The van der Waals surface area contributed by atoms with Gasteiger partial charge in [-0.1, -0.05) is 0 Å². The number of nitrogens with one attached hydrogen (secondary N) is 1. The van der Waals surface area contributed by atoms with E-state index in [1.54, 1.807) is 4.90 Å². The van der Waals surface area contributed by atoms with Gasteiger partial charge in [-0.25, -0.2) is 8.42 Å². The number of carbonyl (C=O) groups is 1. The van der Waals surface area contributed by atoms with Crippen molar-refractivity contribution >= 4 is 15.9 Å². The number of rotatable bonds is 3. The van der Waals surface area contributed by atoms with Gasteiger partial charge in [-0.2, -0.15) is 4.31 Å². The molecule has 1 aromatic heterocycles. The monoisotopic (exact) mass is 327 g/mol. The van der Waals surface area contributed by atoms with Crippen LogP contribution in [0.3, 0.4) is 0 Å². The van der Waals surface area contributed by atoms with Crippen LogP contribution in [0.5, 0.6) is 0 Å². The Kier molecular flexibility index (Phi) is 4.24. The summed E-state index contributed by atoms with van der Waals surface area (Å²) >= 11 is 0. The largest absolute Gasteiger partial charge is 0.375 e. The van der Waals surface area contributed by atoms with Gasteiger partial charge in [-0.15, -0.1) is 0 Å². The number of aromatic nitrogens is 1. The van der Waals surface area contributed by atoms with Crippen LogP contribution in [-0.4, -0.2) is 67.4 Å². The molecule has 3 heterocycles. The van der Waals surface area contributed by atoms with E-state index in [0.717, 1.165) is 12.8 Å². The van der Waals surface area contributed by atoms with Crippen LogP contribution in [0.4, 0.5) is 0 Å². The van der Waals surface area contributed by atoms with E-state index in [2.05, 4.69) is 4.98 Å². The number of carbonyl (C=O) groups excluding carboxylic acids is 1. The average Bonchev–Trinajstić information content (AvgIpc) is 3.18. The normalized spacial score (nSPS) is 23.9. The molecule has 0 spiro atoms. The van der Waals surface area contributed by atoms with Crippen LogP contribution < -0.4 is 0 Å². The molecule has 2 aliphatic rings. The number of sulfonamides is 1. The average molecular weight is 327 g/mol. The van der Waals surface area contributed by atoms with Gasteiger partial charge >= 0.3 is 0 Å². The number of hydrogen-bond acceptors (Lipinski definition) is 4. The maximum atomic E-state index is 12.5. The van der Waals surface area contributed by atoms with Crippen LogP contribution in [-0.2, 0) is 14.8 Å². The van der Waals surface area contributed by atoms with Crippen molar-refractivity contribution in [1.29, 1.82) is 0 Å². The molecule has 7 nitrogen and oxygen atoms in total. The van der Waals surface area contributed by atoms with Crippen molar-refractivity contribution in [3.8, 4) is 0 Å². The Labute approximate surface area is 130 Å². The van der Waals surface area contributed by atoms with Crippen molar-refractivity contribution in [1.82, 2.24) is 14.2 Å². The zero-order valence-corrected chi connectivity index (χ0v) is 13.4. The Morgan fingerprint density at radius 2 is 2.05 bits per heavy atom. The summed E-state index contributed by atoms with van der Waals surface area (Å²) < 4.78 is 31.8. The first-order chi connectivity index (χ1) is 10.5. The Morgan fingerprint density at radius 1 is 1.32 bits per heavy atom. The summed E-state index contributed by atoms with van der Waals surface area (Å²) in [7, 11) is -3.49. The zero-order chi connectivity index (χ0) is 15.7. The summed E-state index contributed by atoms with van der Waals surface area (Å²) in [5.41, 5.74) is 0.312. The van der Waals surface area contributed by atoms with E-state index in [1.807, 2.05) is 6.92 Å². The van der Waals surface area contributed by atoms with Crippen LogP contribution in [0.15, 0.2) is 17.2 Å². The molecule has 22 heavy (non-hydrogen) atoms. The highest BCUT2D eigenvalue weighted by Gasteiger charge is 2.30. The lowest BCUT2D eigenvalue weighted by Gasteiger charge is -2.30. The molecule has 0 aromatic carbocycles. The fourth-order valence-electron chi connectivity index (χ4n) is 2.90. The second-order valence-electron chi connectivity index (χ2n) is 5.79. The Morgan fingerprint density at radius 3 is 2.73 bits per heavy atom. The van der Waals surface area contributed by atoms with Crippen LogP contribution in [0.1, 0.15) is 30.3 Å². The highest BCUT2D eigenvalue weighted by atomic mass is 32.2. The molecule has 0 radical (unpaired) electrons. The molecule has 2 saturated heterocycles. The molecule has 8 heteroatoms. The smallest absolute Gasteiger partial charge is 0.270 e. The van der Waals surface area contributed by atoms with Crippen molar-refractivity contribution in [2.45, 2.75) is 30.8 Å². The van der Waals surface area contributed by atoms with Gasteiger partial charge in [-0.3, -0.25) is 4.79 Å². The summed E-state index contributed by atoms with van der Waals surface area (Å²) in [6.07, 6.45) is 3.19. The first-order valence-corrected chi connectivity index (χ1v) is 9.02. The van der Waals surface area contributed by atoms with E-state index < -0.39 is 10.0 Å². The fourth-order valence-corrected chi connectivity index (χ4v) is 4.41. The molecule has 1 unspecified atom stereocenters. The third-order valence-electron chi connectivity index (χ3n) is 4.12. The summed E-state index contributed by atoms with van der Waals surface area (Å²) in [6.45, 7) is 4.57. The van der Waals surface area contributed by atoms with Gasteiger partial charge in [0.2, 0.25) is 10.0 Å². The van der Waals surface area contributed by atoms with Crippen molar-refractivity contribution < 1.29 is 17.9 Å². The van der Waals surface area contributed by atoms with Gasteiger partial charge in [-0.05, 0) is 25.8 Å². The van der Waals surface area contributed by atoms with Crippen molar-refractivity contribution in [3.63, 3.8) is 0 Å². The molecule has 122 valence electrons. The van der Waals surface area contributed by atoms with E-state index in [0.29, 0.717) is 38.5 Å². The van der Waals surface area contributed by atoms with E-state index in [-0.39, 0.29) is 16.9 Å². The van der Waals surface area contributed by atoms with Gasteiger partial charge in [0.05, 0.1) is 12.7 Å². The molecule has 3 rings (SSSR count). The Hall–Kier alpha value is -1.38. The van der Waals surface area contributed by atoms with Crippen LogP contribution >= 0.6 is 0 Å². The number of aromatic amines is 1. The van der Waals surface area contributed by atoms with Crippen molar-refractivity contribution in [2.24, 2.45) is 0 Å². The maximum absolute atomic E-state index is 12.5. The third kappa shape index (κ3) is 2.90. The van der Waals surface area contributed by atoms with E-state index in [1.165, 1.54) is 16.6 Å². The van der Waals surface area contributed by atoms with Crippen molar-refractivity contribution in [2.75, 3.05) is 32.8 Å². The minimum atomic E-state index is -3.49. The molecule has 1 N–H and O–H groups in total. The lowest BCUT2D eigenvalue weighted by atomic mass is 10.2. The fraction of sp³-hybridized carbons (Fsp3) is 0.643. The lowest BCUT2D eigenvalue weighted by molar-refractivity contribution is -0.0126. The highest BCUT2D eigenvalue weighted by Crippen LogP contribution is 2.22. The number of hydrogen-bond donors (Lipinski definition) is 1. The highest BCUT2D eigenvalue weighted by molar-refractivity contribution is 7.89. The quantitative estimate of drug-likeness (QED) is 0.884. The molecular weight excluding hydrogens is 306 g/mol. The molecule has 2 fully saturated rings. The summed E-state index contributed by atoms with van der Waals surface area (Å²) in [5, 5.41) is 0. The minimum absolute atomic E-state index is 0.000431. The van der Waals surface area contributed by atoms with Crippen molar-refractivity contribution in [3.05, 3.63) is 18.0 Å². The van der Waals surface area contributed by atoms with Gasteiger partial charge in [0.1, 0.15) is 10.6 Å². The van der Waals surface area contributed by atoms with E-state index >= 15 is 0 Å². The standard InChI is InChI=1S/C14H21N3O4S/c1-11-10-16(6-7-21-11)14(18)13-8-12(9-15-13)22(19,20)17-4-2-3-5-17/h8-9,11,15H,2-7,10H2,1H3. The number of morpholine rings is 1. The summed E-state index contributed by atoms with van der Waals surface area (Å²) in [4.78, 5) is 17.1. The number of H-pyrrole nitrogens is 1. The van der Waals surface area contributed by atoms with Gasteiger partial charge < -0.3 is 14.6 Å². The number of amides is 1. The SMILES string of the molecule is CC1CN(C(=O)c2cc(S(=O)(=O)N3CCCC3)c[nH]2)CCO1. The Bertz CT molecular complexity index is 649. The van der Waals surface area contributed by atoms with Crippen LogP contribution in [0.25, 0.3) is 0 Å². The first-order valence-electron chi connectivity index (χ1n) is 7.58. The van der Waals surface area contributed by atoms with Crippen LogP contribution in [0.2, 0.25) is 0 Å². The first kappa shape index (κ1) is 15.5. The molecule has 1 amide bonds. The molecular formula is C14H21N3O4S. The number of nitrogens with zero attached hydrogens (tertiary/aromatic N) is 2. The predicted molar refractivity (Wildman–Crippen MR) is 80.1 cm³/mol. The molecule has 1 aromatic rings. The lowest BCUT2D eigenvalue weighted by Crippen LogP contribution is -2.44. The second kappa shape index (κ2) is 6.02. The summed E-state index contributed by atoms with van der Waals surface area (Å²) in [5.74, 6) is -0.182. The maximum Gasteiger partial charge on any atom is 0.270 e. The van der Waals surface area contributed by atoms with E-state index in [9.17, 15) is 13.2 Å². The van der Waals surface area contributed by atoms with Gasteiger partial charge in [0.15, 0.2) is 0 Å². The summed E-state index contributed by atoms with van der Waals surface area (Å²) in [6, 6.07) is 1.44. The molecule has 0 saturated carbocycles. The van der Waals surface area contributed by atoms with Crippen LogP contribution in [0, 0.1) is 0 Å². The molecule has 2 aliphatic heterocycles. The minimum Gasteiger partial charge on any atom is -0.375 e. The Balaban J connectivity index is 1.77. The van der Waals surface area contributed by atoms with Gasteiger partial charge in [0.25, 0.3) is 5.91 Å². The molecule has 1 atom stereocenters. The zero-order valence-electron chi connectivity index (χ0n) is 12.6. The predicted octanol–water partition coefficient (Wildman–Crippen LogP) is 0.660. The van der Waals surface area contributed by atoms with E-state index in [4.69, 9.17) is 4.74 Å². The number of ether oxygens (including phenoxy) is 1. The topological polar surface area (TPSA) is 82.7 Å². The molecule has 0 bridgehead atoms. The molecule has 0 aliphatic carbocycles.